The molecule has 0 bridgehead atoms. The quantitative estimate of drug-likeness (QED) is 0.731. The Morgan fingerprint density at radius 3 is 1.61 bits per heavy atom. The highest BCUT2D eigenvalue weighted by Gasteiger charge is 1.98. The first kappa shape index (κ1) is 21.6. The van der Waals surface area contributed by atoms with Crippen molar-refractivity contribution in [2.75, 3.05) is 59.5 Å². The van der Waals surface area contributed by atoms with Crippen molar-refractivity contribution in [3.63, 3.8) is 0 Å². The minimum Gasteiger partial charge on any atom is -0.496 e. The number of carbonyl (C=O) groups is 1. The van der Waals surface area contributed by atoms with Crippen LogP contribution in [0, 0.1) is 0 Å². The summed E-state index contributed by atoms with van der Waals surface area (Å²) in [7, 11) is 0. The average Bonchev–Trinajstić information content (AvgIpc) is 2.50. The van der Waals surface area contributed by atoms with Crippen LogP contribution >= 0.6 is 0 Å². The Hall–Kier alpha value is -1.41. The second kappa shape index (κ2) is 15.5. The lowest BCUT2D eigenvalue weighted by Gasteiger charge is -2.11. The monoisotopic (exact) mass is 332 g/mol. The van der Waals surface area contributed by atoms with Crippen molar-refractivity contribution < 1.29 is 33.6 Å². The van der Waals surface area contributed by atoms with E-state index in [1.165, 1.54) is 6.92 Å². The number of rotatable bonds is 1. The first-order valence-corrected chi connectivity index (χ1v) is 7.54. The molecule has 0 radical (unpaired) electrons. The molecule has 0 amide bonds. The van der Waals surface area contributed by atoms with Crippen LogP contribution in [-0.2, 0) is 28.5 Å². The lowest BCUT2D eigenvalue weighted by Crippen LogP contribution is -2.14. The van der Waals surface area contributed by atoms with Gasteiger partial charge in [0, 0.05) is 12.0 Å². The molecule has 134 valence electrons. The molecule has 7 nitrogen and oxygen atoms in total. The Balaban J connectivity index is 0.000000688. The van der Waals surface area contributed by atoms with Crippen LogP contribution in [0.5, 0.6) is 0 Å². The summed E-state index contributed by atoms with van der Waals surface area (Å²) in [5.74, 6) is -0.201. The lowest BCUT2D eigenvalue weighted by atomic mass is 10.4. The van der Waals surface area contributed by atoms with Crippen molar-refractivity contribution in [1.82, 2.24) is 0 Å². The zero-order chi connectivity index (χ0) is 17.3. The van der Waals surface area contributed by atoms with Gasteiger partial charge in [-0.25, -0.2) is 4.79 Å². The summed E-state index contributed by atoms with van der Waals surface area (Å²) in [4.78, 5) is 9.60. The van der Waals surface area contributed by atoms with Gasteiger partial charge in [-0.1, -0.05) is 13.2 Å². The Bertz CT molecular complexity index is 311. The minimum atomic E-state index is -0.935. The first-order chi connectivity index (χ1) is 11.0. The number of carboxylic acid groups (broad SMARTS) is 1. The van der Waals surface area contributed by atoms with E-state index in [0.717, 1.165) is 5.76 Å². The van der Waals surface area contributed by atoms with Gasteiger partial charge in [0.15, 0.2) is 0 Å². The van der Waals surface area contributed by atoms with Crippen LogP contribution in [0.15, 0.2) is 24.5 Å². The van der Waals surface area contributed by atoms with Crippen LogP contribution in [0.1, 0.15) is 13.3 Å². The van der Waals surface area contributed by atoms with E-state index in [4.69, 9.17) is 28.8 Å². The number of aliphatic carboxylic acids is 1. The van der Waals surface area contributed by atoms with Gasteiger partial charge in [-0.05, 0) is 6.92 Å². The second-order valence-electron chi connectivity index (χ2n) is 4.67. The minimum absolute atomic E-state index is 0.176. The summed E-state index contributed by atoms with van der Waals surface area (Å²) in [6.45, 7) is 13.6. The predicted octanol–water partition coefficient (Wildman–Crippen LogP) is 1.63. The molecule has 0 aromatic rings. The zero-order valence-corrected chi connectivity index (χ0v) is 13.9. The van der Waals surface area contributed by atoms with Crippen molar-refractivity contribution >= 4 is 5.97 Å². The van der Waals surface area contributed by atoms with Crippen LogP contribution in [-0.4, -0.2) is 70.5 Å². The molecule has 1 heterocycles. The number of carboxylic acids is 1. The summed E-state index contributed by atoms with van der Waals surface area (Å²) in [6.07, 6.45) is 0.711. The van der Waals surface area contributed by atoms with Crippen molar-refractivity contribution in [2.24, 2.45) is 0 Å². The van der Waals surface area contributed by atoms with Gasteiger partial charge in [-0.2, -0.15) is 0 Å². The van der Waals surface area contributed by atoms with E-state index in [0.29, 0.717) is 65.9 Å². The Morgan fingerprint density at radius 1 is 0.870 bits per heavy atom. The lowest BCUT2D eigenvalue weighted by molar-refractivity contribution is -0.132. The van der Waals surface area contributed by atoms with E-state index in [9.17, 15) is 4.79 Å². The fraction of sp³-hybridized carbons (Fsp3) is 0.688. The van der Waals surface area contributed by atoms with E-state index < -0.39 is 5.97 Å². The van der Waals surface area contributed by atoms with Gasteiger partial charge in [0.2, 0.25) is 0 Å². The third-order valence-electron chi connectivity index (χ3n) is 2.54. The molecule has 1 saturated heterocycles. The van der Waals surface area contributed by atoms with E-state index in [-0.39, 0.29) is 5.57 Å². The molecule has 0 spiro atoms. The molecule has 1 rings (SSSR count). The van der Waals surface area contributed by atoms with E-state index in [2.05, 4.69) is 13.2 Å². The van der Waals surface area contributed by atoms with Gasteiger partial charge < -0.3 is 28.8 Å². The van der Waals surface area contributed by atoms with E-state index in [1.807, 2.05) is 0 Å². The molecule has 7 heteroatoms. The molecule has 1 N–H and O–H groups in total. The molecule has 1 aliphatic rings. The van der Waals surface area contributed by atoms with Gasteiger partial charge in [-0.3, -0.25) is 0 Å². The average molecular weight is 332 g/mol. The van der Waals surface area contributed by atoms with Crippen molar-refractivity contribution in [1.29, 1.82) is 0 Å². The highest BCUT2D eigenvalue weighted by atomic mass is 16.6. The number of hydrogen-bond acceptors (Lipinski definition) is 6. The van der Waals surface area contributed by atoms with Crippen LogP contribution < -0.4 is 0 Å². The maximum atomic E-state index is 9.60. The molecule has 0 aliphatic carbocycles. The highest BCUT2D eigenvalue weighted by molar-refractivity contribution is 5.84. The predicted molar refractivity (Wildman–Crippen MR) is 85.4 cm³/mol. The topological polar surface area (TPSA) is 83.5 Å². The molecule has 1 aliphatic heterocycles. The van der Waals surface area contributed by atoms with E-state index in [1.54, 1.807) is 0 Å². The first-order valence-electron chi connectivity index (χ1n) is 7.54. The number of hydrogen-bond donors (Lipinski definition) is 1. The number of ether oxygens (including phenoxy) is 5. The molecule has 0 atom stereocenters. The van der Waals surface area contributed by atoms with Crippen LogP contribution in [0.3, 0.4) is 0 Å². The molecule has 0 unspecified atom stereocenters. The van der Waals surface area contributed by atoms with Crippen LogP contribution in [0.2, 0.25) is 0 Å². The zero-order valence-electron chi connectivity index (χ0n) is 13.9. The molecule has 0 saturated carbocycles. The summed E-state index contributed by atoms with van der Waals surface area (Å²) in [6, 6.07) is 0. The maximum absolute atomic E-state index is 9.60. The molecular weight excluding hydrogens is 304 g/mol. The Labute approximate surface area is 137 Å². The third-order valence-corrected chi connectivity index (χ3v) is 2.54. The van der Waals surface area contributed by atoms with E-state index >= 15 is 0 Å². The smallest absolute Gasteiger partial charge is 0.330 e. The Kier molecular flexibility index (Phi) is 14.5. The van der Waals surface area contributed by atoms with Crippen molar-refractivity contribution in [2.45, 2.75) is 13.3 Å². The normalized spacial score (nSPS) is 18.9. The van der Waals surface area contributed by atoms with Gasteiger partial charge in [0.1, 0.15) is 6.61 Å². The molecule has 0 aromatic carbocycles. The third kappa shape index (κ3) is 16.8. The fourth-order valence-electron chi connectivity index (χ4n) is 1.26. The highest BCUT2D eigenvalue weighted by Crippen LogP contribution is 2.00. The van der Waals surface area contributed by atoms with Gasteiger partial charge in [0.25, 0.3) is 0 Å². The molecule has 1 fully saturated rings. The largest absolute Gasteiger partial charge is 0.496 e. The van der Waals surface area contributed by atoms with Crippen molar-refractivity contribution in [3.8, 4) is 0 Å². The summed E-state index contributed by atoms with van der Waals surface area (Å²) in [5.41, 5.74) is 0.176. The second-order valence-corrected chi connectivity index (χ2v) is 4.67. The van der Waals surface area contributed by atoms with Crippen LogP contribution in [0.25, 0.3) is 0 Å². The summed E-state index contributed by atoms with van der Waals surface area (Å²) >= 11 is 0. The SMILES string of the molecule is C=C(C)C(=O)O.C=C1CCOCCOCCOCCOCCO1. The Morgan fingerprint density at radius 2 is 1.22 bits per heavy atom. The summed E-state index contributed by atoms with van der Waals surface area (Å²) < 4.78 is 26.7. The van der Waals surface area contributed by atoms with Gasteiger partial charge in [-0.15, -0.1) is 0 Å². The fourth-order valence-corrected chi connectivity index (χ4v) is 1.26. The molecule has 23 heavy (non-hydrogen) atoms. The summed E-state index contributed by atoms with van der Waals surface area (Å²) in [5, 5.41) is 7.89. The molecular formula is C16H28O7. The van der Waals surface area contributed by atoms with Crippen LogP contribution in [0.4, 0.5) is 0 Å². The van der Waals surface area contributed by atoms with Crippen molar-refractivity contribution in [3.05, 3.63) is 24.5 Å². The maximum Gasteiger partial charge on any atom is 0.330 e. The molecule has 0 aromatic heterocycles. The standard InChI is InChI=1S/C12H22O5.C4H6O2/c1-12-2-3-13-4-5-14-6-7-15-8-9-16-10-11-17-12;1-3(2)4(5)6/h1-11H2;1H2,2H3,(H,5,6). The van der Waals surface area contributed by atoms with Gasteiger partial charge in [0.05, 0.1) is 58.6 Å². The van der Waals surface area contributed by atoms with Gasteiger partial charge >= 0.3 is 5.97 Å².